The summed E-state index contributed by atoms with van der Waals surface area (Å²) in [6.07, 6.45) is 0.420. The molecule has 0 aliphatic rings. The minimum absolute atomic E-state index is 0.285. The van der Waals surface area contributed by atoms with Crippen LogP contribution in [0.1, 0.15) is 34.1 Å². The van der Waals surface area contributed by atoms with Crippen molar-refractivity contribution in [3.8, 4) is 0 Å². The van der Waals surface area contributed by atoms with E-state index >= 15 is 0 Å². The minimum Gasteiger partial charge on any atom is -0.340 e. The Kier molecular flexibility index (Phi) is 6.95. The molecule has 1 atom stereocenters. The molecule has 3 rings (SSSR count). The van der Waals surface area contributed by atoms with Crippen LogP contribution in [0.5, 0.6) is 0 Å². The van der Waals surface area contributed by atoms with Gasteiger partial charge in [0.15, 0.2) is 0 Å². The highest BCUT2D eigenvalue weighted by Gasteiger charge is 2.21. The molecule has 0 aromatic heterocycles. The molecule has 0 saturated carbocycles. The molecule has 152 valence electrons. The monoisotopic (exact) mass is 401 g/mol. The molecule has 0 fully saturated rings. The molecule has 0 radical (unpaired) electrons. The topological polar surface area (TPSA) is 87.3 Å². The van der Waals surface area contributed by atoms with Crippen LogP contribution in [-0.2, 0) is 4.79 Å². The van der Waals surface area contributed by atoms with Gasteiger partial charge in [-0.05, 0) is 42.8 Å². The van der Waals surface area contributed by atoms with E-state index in [1.165, 1.54) is 0 Å². The van der Waals surface area contributed by atoms with Crippen molar-refractivity contribution in [3.05, 3.63) is 96.1 Å². The summed E-state index contributed by atoms with van der Waals surface area (Å²) < 4.78 is 0. The molecule has 3 aromatic carbocycles. The first-order chi connectivity index (χ1) is 14.6. The van der Waals surface area contributed by atoms with Crippen LogP contribution in [-0.4, -0.2) is 23.8 Å². The first kappa shape index (κ1) is 20.8. The van der Waals surface area contributed by atoms with Gasteiger partial charge in [0.25, 0.3) is 11.8 Å². The van der Waals surface area contributed by atoms with Crippen molar-refractivity contribution in [1.29, 1.82) is 0 Å². The molecule has 0 saturated heterocycles. The molecule has 6 nitrogen and oxygen atoms in total. The molecule has 0 aliphatic carbocycles. The van der Waals surface area contributed by atoms with Gasteiger partial charge in [0.1, 0.15) is 6.04 Å². The standard InChI is InChI=1S/C24H23N3O3/c1-2-20(24(30)25-18-13-7-4-8-14-18)26-23(29)19-15-9-10-16-21(19)27-22(28)17-11-5-3-6-12-17/h3-16,20H,2H2,1H3,(H,25,30)(H,26,29)(H,27,28). The number of hydrogen-bond acceptors (Lipinski definition) is 3. The molecular formula is C24H23N3O3. The summed E-state index contributed by atoms with van der Waals surface area (Å²) in [6.45, 7) is 1.82. The molecule has 3 aromatic rings. The largest absolute Gasteiger partial charge is 0.340 e. The van der Waals surface area contributed by atoms with Crippen LogP contribution in [0, 0.1) is 0 Å². The Labute approximate surface area is 175 Å². The Morgan fingerprint density at radius 2 is 1.33 bits per heavy atom. The summed E-state index contributed by atoms with van der Waals surface area (Å²) >= 11 is 0. The molecule has 1 unspecified atom stereocenters. The predicted octanol–water partition coefficient (Wildman–Crippen LogP) is 4.09. The van der Waals surface area contributed by atoms with Crippen molar-refractivity contribution in [2.24, 2.45) is 0 Å². The number of para-hydroxylation sites is 2. The van der Waals surface area contributed by atoms with Crippen molar-refractivity contribution < 1.29 is 14.4 Å². The zero-order valence-corrected chi connectivity index (χ0v) is 16.6. The lowest BCUT2D eigenvalue weighted by atomic mass is 10.1. The maximum atomic E-state index is 12.9. The van der Waals surface area contributed by atoms with Crippen molar-refractivity contribution in [2.45, 2.75) is 19.4 Å². The third-order valence-electron chi connectivity index (χ3n) is 4.53. The van der Waals surface area contributed by atoms with Gasteiger partial charge in [-0.3, -0.25) is 14.4 Å². The smallest absolute Gasteiger partial charge is 0.255 e. The van der Waals surface area contributed by atoms with Crippen LogP contribution in [0.15, 0.2) is 84.9 Å². The van der Waals surface area contributed by atoms with E-state index < -0.39 is 11.9 Å². The third kappa shape index (κ3) is 5.32. The van der Waals surface area contributed by atoms with Gasteiger partial charge in [-0.2, -0.15) is 0 Å². The average molecular weight is 401 g/mol. The molecule has 30 heavy (non-hydrogen) atoms. The molecule has 3 amide bonds. The number of hydrogen-bond donors (Lipinski definition) is 3. The molecular weight excluding hydrogens is 378 g/mol. The van der Waals surface area contributed by atoms with Crippen molar-refractivity contribution in [3.63, 3.8) is 0 Å². The number of nitrogens with one attached hydrogen (secondary N) is 3. The van der Waals surface area contributed by atoms with Gasteiger partial charge in [-0.25, -0.2) is 0 Å². The number of carbonyl (C=O) groups is 3. The van der Waals surface area contributed by atoms with Gasteiger partial charge in [0.05, 0.1) is 11.3 Å². The first-order valence-electron chi connectivity index (χ1n) is 9.70. The summed E-state index contributed by atoms with van der Waals surface area (Å²) in [5.74, 6) is -1.05. The number of amides is 3. The number of rotatable bonds is 7. The van der Waals surface area contributed by atoms with Crippen LogP contribution in [0.25, 0.3) is 0 Å². The molecule has 0 bridgehead atoms. The Balaban J connectivity index is 1.71. The van der Waals surface area contributed by atoms with Gasteiger partial charge in [-0.15, -0.1) is 0 Å². The third-order valence-corrected chi connectivity index (χ3v) is 4.53. The zero-order valence-electron chi connectivity index (χ0n) is 16.6. The van der Waals surface area contributed by atoms with Crippen LogP contribution >= 0.6 is 0 Å². The highest BCUT2D eigenvalue weighted by atomic mass is 16.2. The lowest BCUT2D eigenvalue weighted by Crippen LogP contribution is -2.43. The fourth-order valence-corrected chi connectivity index (χ4v) is 2.91. The first-order valence-corrected chi connectivity index (χ1v) is 9.70. The molecule has 0 aliphatic heterocycles. The second-order valence-corrected chi connectivity index (χ2v) is 6.66. The van der Waals surface area contributed by atoms with E-state index in [0.29, 0.717) is 23.4 Å². The number of anilines is 2. The van der Waals surface area contributed by atoms with Gasteiger partial charge < -0.3 is 16.0 Å². The van der Waals surface area contributed by atoms with Crippen LogP contribution in [0.4, 0.5) is 11.4 Å². The Morgan fingerprint density at radius 1 is 0.733 bits per heavy atom. The van der Waals surface area contributed by atoms with E-state index in [2.05, 4.69) is 16.0 Å². The van der Waals surface area contributed by atoms with Crippen LogP contribution in [0.3, 0.4) is 0 Å². The molecule has 6 heteroatoms. The van der Waals surface area contributed by atoms with Gasteiger partial charge >= 0.3 is 0 Å². The van der Waals surface area contributed by atoms with E-state index in [0.717, 1.165) is 0 Å². The van der Waals surface area contributed by atoms with Crippen LogP contribution in [0.2, 0.25) is 0 Å². The Hall–Kier alpha value is -3.93. The predicted molar refractivity (Wildman–Crippen MR) is 117 cm³/mol. The Bertz CT molecular complexity index is 1020. The van der Waals surface area contributed by atoms with E-state index in [-0.39, 0.29) is 17.4 Å². The summed E-state index contributed by atoms with van der Waals surface area (Å²) in [4.78, 5) is 37.9. The van der Waals surface area contributed by atoms with E-state index in [1.54, 1.807) is 60.7 Å². The minimum atomic E-state index is -0.712. The second-order valence-electron chi connectivity index (χ2n) is 6.66. The summed E-state index contributed by atoms with van der Waals surface area (Å²) in [5, 5.41) is 8.32. The summed E-state index contributed by atoms with van der Waals surface area (Å²) in [5.41, 5.74) is 1.81. The SMILES string of the molecule is CCC(NC(=O)c1ccccc1NC(=O)c1ccccc1)C(=O)Nc1ccccc1. The number of benzene rings is 3. The average Bonchev–Trinajstić information content (AvgIpc) is 2.78. The van der Waals surface area contributed by atoms with Crippen LogP contribution < -0.4 is 16.0 Å². The zero-order chi connectivity index (χ0) is 21.3. The maximum absolute atomic E-state index is 12.9. The van der Waals surface area contributed by atoms with Crippen molar-refractivity contribution in [2.75, 3.05) is 10.6 Å². The van der Waals surface area contributed by atoms with Crippen molar-refractivity contribution >= 4 is 29.1 Å². The lowest BCUT2D eigenvalue weighted by Gasteiger charge is -2.18. The van der Waals surface area contributed by atoms with Gasteiger partial charge in [0.2, 0.25) is 5.91 Å². The quantitative estimate of drug-likeness (QED) is 0.557. The van der Waals surface area contributed by atoms with Gasteiger partial charge in [-0.1, -0.05) is 55.5 Å². The normalized spacial score (nSPS) is 11.2. The molecule has 3 N–H and O–H groups in total. The van der Waals surface area contributed by atoms with E-state index in [9.17, 15) is 14.4 Å². The lowest BCUT2D eigenvalue weighted by molar-refractivity contribution is -0.118. The number of carbonyl (C=O) groups excluding carboxylic acids is 3. The molecule has 0 heterocycles. The second kappa shape index (κ2) is 10.0. The summed E-state index contributed by atoms with van der Waals surface area (Å²) in [6, 6.07) is 23.8. The highest BCUT2D eigenvalue weighted by Crippen LogP contribution is 2.17. The van der Waals surface area contributed by atoms with Gasteiger partial charge in [0, 0.05) is 11.3 Å². The summed E-state index contributed by atoms with van der Waals surface area (Å²) in [7, 11) is 0. The Morgan fingerprint density at radius 3 is 2.00 bits per heavy atom. The fraction of sp³-hybridized carbons (Fsp3) is 0.125. The maximum Gasteiger partial charge on any atom is 0.255 e. The highest BCUT2D eigenvalue weighted by molar-refractivity contribution is 6.09. The van der Waals surface area contributed by atoms with E-state index in [4.69, 9.17) is 0 Å². The van der Waals surface area contributed by atoms with Crippen molar-refractivity contribution in [1.82, 2.24) is 5.32 Å². The van der Waals surface area contributed by atoms with E-state index in [1.807, 2.05) is 31.2 Å². The molecule has 0 spiro atoms. The fourth-order valence-electron chi connectivity index (χ4n) is 2.91.